The molecule has 28 heavy (non-hydrogen) atoms. The summed E-state index contributed by atoms with van der Waals surface area (Å²) in [5.74, 6) is -0.376. The Hall–Kier alpha value is -2.73. The van der Waals surface area contributed by atoms with E-state index in [0.717, 1.165) is 21.9 Å². The van der Waals surface area contributed by atoms with Gasteiger partial charge in [-0.1, -0.05) is 41.4 Å². The number of halogens is 2. The maximum Gasteiger partial charge on any atom is 0.337 e. The van der Waals surface area contributed by atoms with E-state index < -0.39 is 0 Å². The van der Waals surface area contributed by atoms with Crippen LogP contribution >= 0.6 is 23.2 Å². The number of aliphatic hydroxyl groups excluding tert-OH is 1. The maximum absolute atomic E-state index is 11.3. The molecular weight excluding hydrogens is 399 g/mol. The van der Waals surface area contributed by atoms with Gasteiger partial charge < -0.3 is 9.84 Å². The van der Waals surface area contributed by atoms with Gasteiger partial charge in [-0.15, -0.1) is 0 Å². The van der Waals surface area contributed by atoms with Crippen molar-refractivity contribution in [2.45, 2.75) is 6.61 Å². The number of carbonyl (C=O) groups is 1. The molecule has 0 fully saturated rings. The summed E-state index contributed by atoms with van der Waals surface area (Å²) in [6.07, 6.45) is 3.26. The third-order valence-electron chi connectivity index (χ3n) is 4.05. The Morgan fingerprint density at radius 3 is 2.07 bits per heavy atom. The van der Waals surface area contributed by atoms with Crippen molar-refractivity contribution in [2.75, 3.05) is 7.11 Å². The van der Waals surface area contributed by atoms with E-state index in [9.17, 15) is 4.79 Å². The molecule has 4 rings (SSSR count). The molecule has 0 atom stereocenters. The van der Waals surface area contributed by atoms with Gasteiger partial charge in [0.05, 0.1) is 40.4 Å². The maximum atomic E-state index is 11.3. The first-order valence-electron chi connectivity index (χ1n) is 8.30. The molecule has 0 aliphatic heterocycles. The van der Waals surface area contributed by atoms with Crippen molar-refractivity contribution in [3.05, 3.63) is 82.1 Å². The highest BCUT2D eigenvalue weighted by Crippen LogP contribution is 2.23. The molecule has 0 spiro atoms. The molecular formula is C21H16Cl2N2O3. The standard InChI is InChI=1S/C11H8ClNO2.C10H8ClNO/c1-15-11(14)7-2-3-8-9(12)4-5-13-10(8)6-7;11-9-3-4-12-10-5-7(6-13)1-2-8(9)10/h2-6H,1H3;1-5,13H,6H2. The number of carbonyl (C=O) groups excluding carboxylic acids is 1. The van der Waals surface area contributed by atoms with Crippen molar-refractivity contribution in [3.63, 3.8) is 0 Å². The molecule has 0 aliphatic carbocycles. The molecule has 2 aromatic heterocycles. The second kappa shape index (κ2) is 8.97. The number of hydrogen-bond acceptors (Lipinski definition) is 5. The van der Waals surface area contributed by atoms with Gasteiger partial charge >= 0.3 is 5.97 Å². The van der Waals surface area contributed by atoms with E-state index in [4.69, 9.17) is 28.3 Å². The number of ether oxygens (including phenoxy) is 1. The van der Waals surface area contributed by atoms with Crippen molar-refractivity contribution in [2.24, 2.45) is 0 Å². The second-order valence-electron chi connectivity index (χ2n) is 5.82. The Kier molecular flexibility index (Phi) is 6.41. The van der Waals surface area contributed by atoms with Crippen LogP contribution in [0.15, 0.2) is 60.9 Å². The van der Waals surface area contributed by atoms with E-state index in [-0.39, 0.29) is 12.6 Å². The van der Waals surface area contributed by atoms with Gasteiger partial charge in [0.2, 0.25) is 0 Å². The van der Waals surface area contributed by atoms with E-state index in [1.807, 2.05) is 18.2 Å². The van der Waals surface area contributed by atoms with E-state index in [1.165, 1.54) is 7.11 Å². The summed E-state index contributed by atoms with van der Waals surface area (Å²) in [4.78, 5) is 19.5. The Bertz CT molecular complexity index is 1150. The van der Waals surface area contributed by atoms with Crippen LogP contribution in [0.2, 0.25) is 10.0 Å². The van der Waals surface area contributed by atoms with Crippen LogP contribution in [-0.2, 0) is 11.3 Å². The topological polar surface area (TPSA) is 72.3 Å². The van der Waals surface area contributed by atoms with E-state index in [0.29, 0.717) is 21.1 Å². The van der Waals surface area contributed by atoms with Crippen LogP contribution in [-0.4, -0.2) is 28.2 Å². The van der Waals surface area contributed by atoms with Gasteiger partial charge in [0.1, 0.15) is 0 Å². The van der Waals surface area contributed by atoms with Crippen molar-refractivity contribution in [1.29, 1.82) is 0 Å². The fourth-order valence-corrected chi connectivity index (χ4v) is 3.05. The molecule has 0 aliphatic rings. The molecule has 0 amide bonds. The third kappa shape index (κ3) is 4.39. The lowest BCUT2D eigenvalue weighted by atomic mass is 10.1. The largest absolute Gasteiger partial charge is 0.465 e. The van der Waals surface area contributed by atoms with Gasteiger partial charge in [-0.3, -0.25) is 9.97 Å². The van der Waals surface area contributed by atoms with Crippen LogP contribution in [0, 0.1) is 0 Å². The number of aliphatic hydroxyl groups is 1. The fraction of sp³-hybridized carbons (Fsp3) is 0.0952. The number of rotatable bonds is 2. The van der Waals surface area contributed by atoms with Crippen molar-refractivity contribution < 1.29 is 14.6 Å². The smallest absolute Gasteiger partial charge is 0.337 e. The molecule has 5 nitrogen and oxygen atoms in total. The van der Waals surface area contributed by atoms with Gasteiger partial charge in [0, 0.05) is 23.2 Å². The number of aromatic nitrogens is 2. The van der Waals surface area contributed by atoms with Crippen molar-refractivity contribution >= 4 is 51.0 Å². The Balaban J connectivity index is 0.000000162. The number of hydrogen-bond donors (Lipinski definition) is 1. The van der Waals surface area contributed by atoms with E-state index >= 15 is 0 Å². The third-order valence-corrected chi connectivity index (χ3v) is 4.71. The Morgan fingerprint density at radius 2 is 1.50 bits per heavy atom. The average molecular weight is 415 g/mol. The number of pyridine rings is 2. The summed E-state index contributed by atoms with van der Waals surface area (Å²) < 4.78 is 4.62. The average Bonchev–Trinajstić information content (AvgIpc) is 2.73. The first-order valence-corrected chi connectivity index (χ1v) is 9.05. The molecule has 2 heterocycles. The number of esters is 1. The predicted octanol–water partition coefficient (Wildman–Crippen LogP) is 5.06. The zero-order valence-electron chi connectivity index (χ0n) is 14.9. The lowest BCUT2D eigenvalue weighted by molar-refractivity contribution is 0.0601. The first kappa shape index (κ1) is 20.0. The summed E-state index contributed by atoms with van der Waals surface area (Å²) in [7, 11) is 1.35. The summed E-state index contributed by atoms with van der Waals surface area (Å²) in [6.45, 7) is 0.0319. The van der Waals surface area contributed by atoms with Gasteiger partial charge in [0.25, 0.3) is 0 Å². The van der Waals surface area contributed by atoms with Crippen molar-refractivity contribution in [1.82, 2.24) is 9.97 Å². The number of fused-ring (bicyclic) bond motifs is 2. The first-order chi connectivity index (χ1) is 13.5. The fourth-order valence-electron chi connectivity index (χ4n) is 2.62. The summed E-state index contributed by atoms with van der Waals surface area (Å²) in [5.41, 5.74) is 2.83. The Morgan fingerprint density at radius 1 is 0.929 bits per heavy atom. The number of benzene rings is 2. The quantitative estimate of drug-likeness (QED) is 0.464. The molecule has 2 aromatic carbocycles. The molecule has 1 N–H and O–H groups in total. The predicted molar refractivity (Wildman–Crippen MR) is 111 cm³/mol. The van der Waals surface area contributed by atoms with Gasteiger partial charge in [0.15, 0.2) is 0 Å². The number of methoxy groups -OCH3 is 1. The Labute approximate surface area is 171 Å². The lowest BCUT2D eigenvalue weighted by Crippen LogP contribution is -2.00. The highest BCUT2D eigenvalue weighted by atomic mass is 35.5. The van der Waals surface area contributed by atoms with Gasteiger partial charge in [-0.2, -0.15) is 0 Å². The SMILES string of the molecule is COC(=O)c1ccc2c(Cl)ccnc2c1.OCc1ccc2c(Cl)ccnc2c1. The van der Waals surface area contributed by atoms with Gasteiger partial charge in [-0.05, 0) is 35.9 Å². The summed E-state index contributed by atoms with van der Waals surface area (Å²) in [5, 5.41) is 12.0. The zero-order chi connectivity index (χ0) is 20.1. The minimum Gasteiger partial charge on any atom is -0.465 e. The molecule has 0 unspecified atom stereocenters. The molecule has 7 heteroatoms. The molecule has 0 saturated heterocycles. The minimum atomic E-state index is -0.376. The van der Waals surface area contributed by atoms with E-state index in [2.05, 4.69) is 14.7 Å². The molecule has 0 radical (unpaired) electrons. The molecule has 0 saturated carbocycles. The molecule has 4 aromatic rings. The van der Waals surface area contributed by atoms with Crippen LogP contribution in [0.1, 0.15) is 15.9 Å². The zero-order valence-corrected chi connectivity index (χ0v) is 16.4. The molecule has 0 bridgehead atoms. The van der Waals surface area contributed by atoms with Crippen LogP contribution < -0.4 is 0 Å². The second-order valence-corrected chi connectivity index (χ2v) is 6.63. The molecule has 142 valence electrons. The van der Waals surface area contributed by atoms with Gasteiger partial charge in [-0.25, -0.2) is 4.79 Å². The minimum absolute atomic E-state index is 0.0319. The van der Waals surface area contributed by atoms with Crippen LogP contribution in [0.3, 0.4) is 0 Å². The van der Waals surface area contributed by atoms with Crippen LogP contribution in [0.5, 0.6) is 0 Å². The lowest BCUT2D eigenvalue weighted by Gasteiger charge is -2.02. The monoisotopic (exact) mass is 414 g/mol. The highest BCUT2D eigenvalue weighted by molar-refractivity contribution is 6.35. The van der Waals surface area contributed by atoms with Crippen LogP contribution in [0.25, 0.3) is 21.8 Å². The normalized spacial score (nSPS) is 10.4. The highest BCUT2D eigenvalue weighted by Gasteiger charge is 2.07. The summed E-state index contributed by atoms with van der Waals surface area (Å²) in [6, 6.07) is 14.1. The van der Waals surface area contributed by atoms with E-state index in [1.54, 1.807) is 42.7 Å². The van der Waals surface area contributed by atoms with Crippen molar-refractivity contribution in [3.8, 4) is 0 Å². The number of nitrogens with zero attached hydrogens (tertiary/aromatic N) is 2. The van der Waals surface area contributed by atoms with Crippen LogP contribution in [0.4, 0.5) is 0 Å². The summed E-state index contributed by atoms with van der Waals surface area (Å²) >= 11 is 11.9.